The number of nitrogens with one attached hydrogen (secondary N) is 1. The van der Waals surface area contributed by atoms with Crippen LogP contribution in [0.5, 0.6) is 0 Å². The van der Waals surface area contributed by atoms with Gasteiger partial charge in [0.15, 0.2) is 0 Å². The molecule has 1 aromatic rings. The second-order valence-electron chi connectivity index (χ2n) is 5.58. The summed E-state index contributed by atoms with van der Waals surface area (Å²) in [6.45, 7) is 10.9. The molecule has 1 aliphatic heterocycles. The highest BCUT2D eigenvalue weighted by atomic mass is 16.5. The Balaban J connectivity index is 1.92. The van der Waals surface area contributed by atoms with E-state index in [-0.39, 0.29) is 0 Å². The first-order valence-corrected chi connectivity index (χ1v) is 8.10. The van der Waals surface area contributed by atoms with Gasteiger partial charge in [-0.25, -0.2) is 4.99 Å². The Morgan fingerprint density at radius 3 is 2.77 bits per heavy atom. The second-order valence-corrected chi connectivity index (χ2v) is 5.58. The Labute approximate surface area is 134 Å². The summed E-state index contributed by atoms with van der Waals surface area (Å²) in [7, 11) is 2.11. The zero-order valence-corrected chi connectivity index (χ0v) is 14.0. The number of benzene rings is 1. The maximum absolute atomic E-state index is 5.38. The summed E-state index contributed by atoms with van der Waals surface area (Å²) >= 11 is 0. The van der Waals surface area contributed by atoms with Crippen LogP contribution in [0.25, 0.3) is 0 Å². The molecule has 1 saturated heterocycles. The monoisotopic (exact) mass is 304 g/mol. The minimum Gasteiger partial charge on any atom is -0.384 e. The molecule has 1 fully saturated rings. The normalized spacial score (nSPS) is 16.6. The van der Waals surface area contributed by atoms with E-state index < -0.39 is 0 Å². The van der Waals surface area contributed by atoms with Gasteiger partial charge in [0, 0.05) is 39.8 Å². The molecule has 0 aliphatic carbocycles. The molecule has 0 bridgehead atoms. The number of hydrogen-bond donors (Lipinski definition) is 1. The van der Waals surface area contributed by atoms with E-state index in [1.54, 1.807) is 0 Å². The van der Waals surface area contributed by atoms with Gasteiger partial charge in [0.2, 0.25) is 0 Å². The molecule has 0 saturated carbocycles. The number of anilines is 1. The van der Waals surface area contributed by atoms with Crippen LogP contribution in [0.1, 0.15) is 13.8 Å². The fourth-order valence-electron chi connectivity index (χ4n) is 2.45. The lowest BCUT2D eigenvalue weighted by Gasteiger charge is -2.29. The predicted octanol–water partition coefficient (Wildman–Crippen LogP) is 2.43. The van der Waals surface area contributed by atoms with Crippen molar-refractivity contribution in [1.82, 2.24) is 9.80 Å². The fraction of sp³-hybridized carbons (Fsp3) is 0.588. The third kappa shape index (κ3) is 5.00. The molecule has 0 amide bonds. The van der Waals surface area contributed by atoms with Crippen molar-refractivity contribution >= 4 is 17.2 Å². The van der Waals surface area contributed by atoms with E-state index in [0.717, 1.165) is 63.1 Å². The van der Waals surface area contributed by atoms with Gasteiger partial charge in [0.05, 0.1) is 24.6 Å². The topological polar surface area (TPSA) is 40.1 Å². The number of rotatable bonds is 6. The van der Waals surface area contributed by atoms with Crippen LogP contribution in [0.15, 0.2) is 29.3 Å². The van der Waals surface area contributed by atoms with Gasteiger partial charge >= 0.3 is 0 Å². The van der Waals surface area contributed by atoms with E-state index in [2.05, 4.69) is 48.1 Å². The van der Waals surface area contributed by atoms with Gasteiger partial charge in [0.25, 0.3) is 0 Å². The molecule has 0 unspecified atom stereocenters. The molecule has 1 heterocycles. The highest BCUT2D eigenvalue weighted by Gasteiger charge is 2.11. The SMILES string of the molecule is CCNc1ccccc1N=C(C)N(C)CCN1CCOCC1. The number of nitrogens with zero attached hydrogens (tertiary/aromatic N) is 3. The molecule has 0 radical (unpaired) electrons. The minimum absolute atomic E-state index is 0.854. The molecule has 5 heteroatoms. The van der Waals surface area contributed by atoms with Gasteiger partial charge < -0.3 is 15.0 Å². The Morgan fingerprint density at radius 2 is 2.05 bits per heavy atom. The van der Waals surface area contributed by atoms with Gasteiger partial charge in [-0.1, -0.05) is 12.1 Å². The van der Waals surface area contributed by atoms with Crippen LogP contribution in [-0.4, -0.2) is 68.6 Å². The predicted molar refractivity (Wildman–Crippen MR) is 93.3 cm³/mol. The smallest absolute Gasteiger partial charge is 0.102 e. The second kappa shape index (κ2) is 8.76. The lowest BCUT2D eigenvalue weighted by atomic mass is 10.2. The zero-order chi connectivity index (χ0) is 15.8. The first kappa shape index (κ1) is 16.8. The average molecular weight is 304 g/mol. The summed E-state index contributed by atoms with van der Waals surface area (Å²) < 4.78 is 5.38. The number of amidine groups is 1. The number of hydrogen-bond acceptors (Lipinski definition) is 4. The summed E-state index contributed by atoms with van der Waals surface area (Å²) in [5.41, 5.74) is 2.09. The van der Waals surface area contributed by atoms with Gasteiger partial charge in [-0.3, -0.25) is 4.90 Å². The van der Waals surface area contributed by atoms with Gasteiger partial charge in [-0.2, -0.15) is 0 Å². The first-order chi connectivity index (χ1) is 10.7. The molecule has 1 aliphatic rings. The molecular weight excluding hydrogens is 276 g/mol. The number of aliphatic imine (C=N–C) groups is 1. The summed E-state index contributed by atoms with van der Waals surface area (Å²) in [6, 6.07) is 8.19. The van der Waals surface area contributed by atoms with Crippen molar-refractivity contribution in [3.63, 3.8) is 0 Å². The van der Waals surface area contributed by atoms with Crippen LogP contribution in [0.3, 0.4) is 0 Å². The van der Waals surface area contributed by atoms with Crippen LogP contribution in [0.4, 0.5) is 11.4 Å². The van der Waals surface area contributed by atoms with Gasteiger partial charge in [-0.15, -0.1) is 0 Å². The maximum Gasteiger partial charge on any atom is 0.102 e. The van der Waals surface area contributed by atoms with Crippen LogP contribution in [0.2, 0.25) is 0 Å². The van der Waals surface area contributed by atoms with Crippen molar-refractivity contribution < 1.29 is 4.74 Å². The van der Waals surface area contributed by atoms with Gasteiger partial charge in [0.1, 0.15) is 5.84 Å². The quantitative estimate of drug-likeness (QED) is 0.647. The van der Waals surface area contributed by atoms with Crippen molar-refractivity contribution in [3.05, 3.63) is 24.3 Å². The molecule has 22 heavy (non-hydrogen) atoms. The van der Waals surface area contributed by atoms with E-state index in [1.165, 1.54) is 0 Å². The average Bonchev–Trinajstić information content (AvgIpc) is 2.55. The van der Waals surface area contributed by atoms with E-state index in [1.807, 2.05) is 12.1 Å². The number of likely N-dealkylation sites (N-methyl/N-ethyl adjacent to an activating group) is 1. The standard InChI is InChI=1S/C17H28N4O/c1-4-18-16-7-5-6-8-17(16)19-15(2)20(3)9-10-21-11-13-22-14-12-21/h5-8,18H,4,9-14H2,1-3H3. The molecule has 5 nitrogen and oxygen atoms in total. The fourth-order valence-corrected chi connectivity index (χ4v) is 2.45. The molecular formula is C17H28N4O. The van der Waals surface area contributed by atoms with Crippen molar-refractivity contribution in [3.8, 4) is 0 Å². The Morgan fingerprint density at radius 1 is 1.32 bits per heavy atom. The summed E-state index contributed by atoms with van der Waals surface area (Å²) in [5, 5.41) is 3.36. The van der Waals surface area contributed by atoms with Crippen LogP contribution in [0, 0.1) is 0 Å². The zero-order valence-electron chi connectivity index (χ0n) is 14.0. The van der Waals surface area contributed by atoms with Crippen molar-refractivity contribution in [2.24, 2.45) is 4.99 Å². The Bertz CT molecular complexity index is 483. The molecule has 1 aromatic carbocycles. The van der Waals surface area contributed by atoms with Crippen molar-refractivity contribution in [2.45, 2.75) is 13.8 Å². The largest absolute Gasteiger partial charge is 0.384 e. The highest BCUT2D eigenvalue weighted by Crippen LogP contribution is 2.24. The highest BCUT2D eigenvalue weighted by molar-refractivity contribution is 5.84. The third-order valence-corrected chi connectivity index (χ3v) is 3.96. The number of morpholine rings is 1. The molecule has 122 valence electrons. The first-order valence-electron chi connectivity index (χ1n) is 8.10. The van der Waals surface area contributed by atoms with Crippen LogP contribution >= 0.6 is 0 Å². The molecule has 0 spiro atoms. The van der Waals surface area contributed by atoms with Gasteiger partial charge in [-0.05, 0) is 26.0 Å². The van der Waals surface area contributed by atoms with E-state index in [4.69, 9.17) is 9.73 Å². The Kier molecular flexibility index (Phi) is 6.68. The van der Waals surface area contributed by atoms with E-state index >= 15 is 0 Å². The van der Waals surface area contributed by atoms with E-state index in [0.29, 0.717) is 0 Å². The Hall–Kier alpha value is -1.59. The minimum atomic E-state index is 0.854. The summed E-state index contributed by atoms with van der Waals surface area (Å²) in [5.74, 6) is 1.04. The van der Waals surface area contributed by atoms with E-state index in [9.17, 15) is 0 Å². The third-order valence-electron chi connectivity index (χ3n) is 3.96. The summed E-state index contributed by atoms with van der Waals surface area (Å²) in [4.78, 5) is 9.44. The lowest BCUT2D eigenvalue weighted by molar-refractivity contribution is 0.0365. The number of ether oxygens (including phenoxy) is 1. The van der Waals surface area contributed by atoms with Crippen LogP contribution in [-0.2, 0) is 4.74 Å². The number of para-hydroxylation sites is 2. The summed E-state index contributed by atoms with van der Waals surface area (Å²) in [6.07, 6.45) is 0. The molecule has 0 aromatic heterocycles. The lowest BCUT2D eigenvalue weighted by Crippen LogP contribution is -2.41. The molecule has 2 rings (SSSR count). The molecule has 1 N–H and O–H groups in total. The van der Waals surface area contributed by atoms with Crippen LogP contribution < -0.4 is 5.32 Å². The maximum atomic E-state index is 5.38. The van der Waals surface area contributed by atoms with Crippen molar-refractivity contribution in [1.29, 1.82) is 0 Å². The molecule has 0 atom stereocenters. The van der Waals surface area contributed by atoms with Crippen molar-refractivity contribution in [2.75, 3.05) is 58.3 Å².